The zero-order valence-electron chi connectivity index (χ0n) is 9.26. The van der Waals surface area contributed by atoms with Gasteiger partial charge in [-0.25, -0.2) is 0 Å². The molecular weight excluding hydrogens is 200 g/mol. The molecule has 0 N–H and O–H groups in total. The lowest BCUT2D eigenvalue weighted by Gasteiger charge is -2.06. The van der Waals surface area contributed by atoms with Gasteiger partial charge in [0.2, 0.25) is 0 Å². The van der Waals surface area contributed by atoms with Gasteiger partial charge in [0, 0.05) is 30.4 Å². The van der Waals surface area contributed by atoms with Gasteiger partial charge in [-0.1, -0.05) is 19.1 Å². The van der Waals surface area contributed by atoms with Crippen molar-refractivity contribution in [1.29, 1.82) is 0 Å². The van der Waals surface area contributed by atoms with Gasteiger partial charge in [-0.2, -0.15) is 0 Å². The lowest BCUT2D eigenvalue weighted by Crippen LogP contribution is -2.18. The van der Waals surface area contributed by atoms with Crippen LogP contribution in [0, 0.1) is 0 Å². The summed E-state index contributed by atoms with van der Waals surface area (Å²) in [6, 6.07) is 5.27. The Balaban J connectivity index is 2.53. The highest BCUT2D eigenvalue weighted by molar-refractivity contribution is 5.77. The number of fused-ring (bicyclic) bond motifs is 1. The van der Waals surface area contributed by atoms with E-state index < -0.39 is 0 Å². The smallest absolute Gasteiger partial charge is 0.251 e. The second-order valence-corrected chi connectivity index (χ2v) is 3.60. The number of aromatic nitrogens is 2. The quantitative estimate of drug-likeness (QED) is 0.735. The van der Waals surface area contributed by atoms with Crippen LogP contribution in [0.1, 0.15) is 13.3 Å². The molecule has 0 amide bonds. The van der Waals surface area contributed by atoms with Crippen LogP contribution in [-0.2, 0) is 6.54 Å². The molecule has 2 rings (SSSR count). The van der Waals surface area contributed by atoms with E-state index in [0.717, 1.165) is 17.3 Å². The third-order valence-electron chi connectivity index (χ3n) is 2.48. The first-order valence-corrected chi connectivity index (χ1v) is 5.41. The molecule has 2 aromatic heterocycles. The third-order valence-corrected chi connectivity index (χ3v) is 2.48. The summed E-state index contributed by atoms with van der Waals surface area (Å²) < 4.78 is 1.75. The van der Waals surface area contributed by atoms with Crippen LogP contribution in [0.15, 0.2) is 47.5 Å². The molecule has 0 saturated heterocycles. The molecule has 0 unspecified atom stereocenters. The highest BCUT2D eigenvalue weighted by Crippen LogP contribution is 2.09. The van der Waals surface area contributed by atoms with Gasteiger partial charge in [0.05, 0.1) is 5.52 Å². The molecule has 0 saturated carbocycles. The van der Waals surface area contributed by atoms with Crippen LogP contribution in [0.5, 0.6) is 0 Å². The van der Waals surface area contributed by atoms with Crippen LogP contribution in [0.25, 0.3) is 10.9 Å². The molecule has 3 nitrogen and oxygen atoms in total. The number of nitrogens with zero attached hydrogens (tertiary/aromatic N) is 2. The normalized spacial score (nSPS) is 11.3. The summed E-state index contributed by atoms with van der Waals surface area (Å²) in [5, 5.41) is 0.993. The van der Waals surface area contributed by atoms with Crippen LogP contribution in [0.4, 0.5) is 0 Å². The van der Waals surface area contributed by atoms with Gasteiger partial charge < -0.3 is 4.57 Å². The van der Waals surface area contributed by atoms with Gasteiger partial charge in [0.25, 0.3) is 5.56 Å². The monoisotopic (exact) mass is 214 g/mol. The Morgan fingerprint density at radius 2 is 2.19 bits per heavy atom. The van der Waals surface area contributed by atoms with Gasteiger partial charge in [-0.15, -0.1) is 0 Å². The van der Waals surface area contributed by atoms with Crippen molar-refractivity contribution in [3.8, 4) is 0 Å². The minimum atomic E-state index is 0.0273. The molecule has 2 heterocycles. The molecule has 16 heavy (non-hydrogen) atoms. The standard InChI is InChI=1S/C13H14N2O/c1-2-3-4-9-15-12-7-8-14-10-11(12)5-6-13(15)16/h3-8,10H,2,9H2,1H3. The summed E-state index contributed by atoms with van der Waals surface area (Å²) in [5.74, 6) is 0. The minimum Gasteiger partial charge on any atom is -0.304 e. The van der Waals surface area contributed by atoms with E-state index in [4.69, 9.17) is 0 Å². The van der Waals surface area contributed by atoms with Gasteiger partial charge >= 0.3 is 0 Å². The average molecular weight is 214 g/mol. The van der Waals surface area contributed by atoms with Crippen molar-refractivity contribution in [3.63, 3.8) is 0 Å². The Labute approximate surface area is 94.1 Å². The van der Waals surface area contributed by atoms with Crippen LogP contribution in [0.2, 0.25) is 0 Å². The van der Waals surface area contributed by atoms with Crippen LogP contribution in [0.3, 0.4) is 0 Å². The number of hydrogen-bond acceptors (Lipinski definition) is 2. The molecule has 0 aliphatic heterocycles. The summed E-state index contributed by atoms with van der Waals surface area (Å²) >= 11 is 0. The van der Waals surface area contributed by atoms with Crippen molar-refractivity contribution in [2.45, 2.75) is 19.9 Å². The van der Waals surface area contributed by atoms with Crippen molar-refractivity contribution in [1.82, 2.24) is 9.55 Å². The van der Waals surface area contributed by atoms with Crippen molar-refractivity contribution >= 4 is 10.9 Å². The minimum absolute atomic E-state index is 0.0273. The molecule has 2 aromatic rings. The van der Waals surface area contributed by atoms with Crippen molar-refractivity contribution in [3.05, 3.63) is 53.1 Å². The van der Waals surface area contributed by atoms with E-state index in [2.05, 4.69) is 18.0 Å². The zero-order chi connectivity index (χ0) is 11.4. The molecule has 0 aliphatic rings. The molecule has 0 bridgehead atoms. The summed E-state index contributed by atoms with van der Waals surface area (Å²) in [5.41, 5.74) is 0.961. The fourth-order valence-corrected chi connectivity index (χ4v) is 1.68. The molecule has 0 aromatic carbocycles. The molecule has 3 heteroatoms. The van der Waals surface area contributed by atoms with Gasteiger partial charge in [-0.3, -0.25) is 9.78 Å². The molecule has 0 atom stereocenters. The van der Waals surface area contributed by atoms with E-state index in [0.29, 0.717) is 6.54 Å². The fraction of sp³-hybridized carbons (Fsp3) is 0.231. The topological polar surface area (TPSA) is 34.9 Å². The highest BCUT2D eigenvalue weighted by atomic mass is 16.1. The van der Waals surface area contributed by atoms with E-state index in [1.165, 1.54) is 0 Å². The van der Waals surface area contributed by atoms with Crippen molar-refractivity contribution in [2.24, 2.45) is 0 Å². The SMILES string of the molecule is CCC=CCn1c(=O)ccc2cnccc21. The summed E-state index contributed by atoms with van der Waals surface area (Å²) in [6.07, 6.45) is 8.55. The Kier molecular flexibility index (Phi) is 3.15. The molecule has 0 aliphatic carbocycles. The average Bonchev–Trinajstić information content (AvgIpc) is 2.32. The molecular formula is C13H14N2O. The van der Waals surface area contributed by atoms with E-state index in [9.17, 15) is 4.79 Å². The number of rotatable bonds is 3. The maximum Gasteiger partial charge on any atom is 0.251 e. The zero-order valence-corrected chi connectivity index (χ0v) is 9.26. The third kappa shape index (κ3) is 2.03. The first-order chi connectivity index (χ1) is 7.83. The van der Waals surface area contributed by atoms with E-state index in [1.807, 2.05) is 18.2 Å². The van der Waals surface area contributed by atoms with Gasteiger partial charge in [0.1, 0.15) is 0 Å². The summed E-state index contributed by atoms with van der Waals surface area (Å²) in [7, 11) is 0. The lowest BCUT2D eigenvalue weighted by molar-refractivity contribution is 0.813. The predicted octanol–water partition coefficient (Wildman–Crippen LogP) is 2.36. The van der Waals surface area contributed by atoms with Crippen LogP contribution in [-0.4, -0.2) is 9.55 Å². The summed E-state index contributed by atoms with van der Waals surface area (Å²) in [4.78, 5) is 15.8. The number of allylic oxidation sites excluding steroid dienone is 2. The molecule has 0 spiro atoms. The largest absolute Gasteiger partial charge is 0.304 e. The summed E-state index contributed by atoms with van der Waals surface area (Å²) in [6.45, 7) is 2.69. The Bertz CT molecular complexity index is 569. The maximum absolute atomic E-state index is 11.7. The van der Waals surface area contributed by atoms with E-state index in [1.54, 1.807) is 23.0 Å². The lowest BCUT2D eigenvalue weighted by atomic mass is 10.2. The van der Waals surface area contributed by atoms with E-state index >= 15 is 0 Å². The molecule has 0 radical (unpaired) electrons. The first-order valence-electron chi connectivity index (χ1n) is 5.41. The number of hydrogen-bond donors (Lipinski definition) is 0. The van der Waals surface area contributed by atoms with Crippen LogP contribution >= 0.6 is 0 Å². The van der Waals surface area contributed by atoms with Gasteiger partial charge in [-0.05, 0) is 18.6 Å². The predicted molar refractivity (Wildman–Crippen MR) is 65.4 cm³/mol. The Hall–Kier alpha value is -1.90. The Morgan fingerprint density at radius 3 is 3.00 bits per heavy atom. The first kappa shape index (κ1) is 10.6. The maximum atomic E-state index is 11.7. The second kappa shape index (κ2) is 4.75. The molecule has 82 valence electrons. The van der Waals surface area contributed by atoms with Gasteiger partial charge in [0.15, 0.2) is 0 Å². The van der Waals surface area contributed by atoms with E-state index in [-0.39, 0.29) is 5.56 Å². The second-order valence-electron chi connectivity index (χ2n) is 3.60. The van der Waals surface area contributed by atoms with Crippen molar-refractivity contribution < 1.29 is 0 Å². The van der Waals surface area contributed by atoms with Crippen LogP contribution < -0.4 is 5.56 Å². The molecule has 0 fully saturated rings. The fourth-order valence-electron chi connectivity index (χ4n) is 1.68. The highest BCUT2D eigenvalue weighted by Gasteiger charge is 2.00. The Morgan fingerprint density at radius 1 is 1.31 bits per heavy atom. The number of pyridine rings is 2. The van der Waals surface area contributed by atoms with Crippen molar-refractivity contribution in [2.75, 3.05) is 0 Å².